The molecule has 8 heteroatoms. The molecule has 5 nitrogen and oxygen atoms in total. The van der Waals surface area contributed by atoms with Crippen LogP contribution in [0.5, 0.6) is 0 Å². The van der Waals surface area contributed by atoms with Crippen LogP contribution >= 0.6 is 11.6 Å². The van der Waals surface area contributed by atoms with Gasteiger partial charge in [0.25, 0.3) is 0 Å². The van der Waals surface area contributed by atoms with Crippen molar-refractivity contribution in [1.29, 1.82) is 0 Å². The smallest absolute Gasteiger partial charge is 0.319 e. The Balaban J connectivity index is 2.07. The van der Waals surface area contributed by atoms with Gasteiger partial charge < -0.3 is 10.6 Å². The SMILES string of the molecule is CS(=O)(=O)c1ccc(Cl)c(NC(=O)NCc2ccccc2F)c1. The summed E-state index contributed by atoms with van der Waals surface area (Å²) in [5, 5.41) is 5.11. The third-order valence-electron chi connectivity index (χ3n) is 3.01. The Bertz CT molecular complexity index is 840. The van der Waals surface area contributed by atoms with Crippen molar-refractivity contribution in [2.75, 3.05) is 11.6 Å². The highest BCUT2D eigenvalue weighted by Crippen LogP contribution is 2.25. The topological polar surface area (TPSA) is 75.3 Å². The molecule has 0 unspecified atom stereocenters. The van der Waals surface area contributed by atoms with E-state index in [2.05, 4.69) is 10.6 Å². The molecule has 2 N–H and O–H groups in total. The predicted octanol–water partition coefficient (Wildman–Crippen LogP) is 3.20. The number of urea groups is 1. The van der Waals surface area contributed by atoms with Crippen LogP contribution in [0.2, 0.25) is 5.02 Å². The zero-order chi connectivity index (χ0) is 17.0. The van der Waals surface area contributed by atoms with Crippen molar-refractivity contribution in [1.82, 2.24) is 5.32 Å². The maximum atomic E-state index is 13.5. The van der Waals surface area contributed by atoms with Gasteiger partial charge in [0.2, 0.25) is 0 Å². The summed E-state index contributed by atoms with van der Waals surface area (Å²) in [4.78, 5) is 11.9. The molecule has 0 aliphatic carbocycles. The lowest BCUT2D eigenvalue weighted by molar-refractivity contribution is 0.251. The van der Waals surface area contributed by atoms with Crippen molar-refractivity contribution in [3.8, 4) is 0 Å². The van der Waals surface area contributed by atoms with Gasteiger partial charge in [-0.1, -0.05) is 29.8 Å². The number of sulfone groups is 1. The van der Waals surface area contributed by atoms with Crippen LogP contribution in [-0.4, -0.2) is 20.7 Å². The summed E-state index contributed by atoms with van der Waals surface area (Å²) >= 11 is 5.94. The maximum absolute atomic E-state index is 13.5. The molecular weight excluding hydrogens is 343 g/mol. The molecule has 0 saturated carbocycles. The standard InChI is InChI=1S/C15H14ClFN2O3S/c1-23(21,22)11-6-7-12(16)14(8-11)19-15(20)18-9-10-4-2-3-5-13(10)17/h2-8H,9H2,1H3,(H2,18,19,20). The molecule has 23 heavy (non-hydrogen) atoms. The van der Waals surface area contributed by atoms with E-state index >= 15 is 0 Å². The van der Waals surface area contributed by atoms with Gasteiger partial charge >= 0.3 is 6.03 Å². The van der Waals surface area contributed by atoms with Crippen LogP contribution in [-0.2, 0) is 16.4 Å². The summed E-state index contributed by atoms with van der Waals surface area (Å²) in [5.74, 6) is -0.426. The number of amides is 2. The van der Waals surface area contributed by atoms with E-state index in [4.69, 9.17) is 11.6 Å². The Morgan fingerprint density at radius 2 is 1.91 bits per heavy atom. The number of benzene rings is 2. The molecule has 0 aliphatic heterocycles. The lowest BCUT2D eigenvalue weighted by atomic mass is 10.2. The summed E-state index contributed by atoms with van der Waals surface area (Å²) < 4.78 is 36.5. The van der Waals surface area contributed by atoms with E-state index in [-0.39, 0.29) is 22.2 Å². The van der Waals surface area contributed by atoms with Crippen molar-refractivity contribution in [3.63, 3.8) is 0 Å². The first-order chi connectivity index (χ1) is 10.8. The summed E-state index contributed by atoms with van der Waals surface area (Å²) in [6.07, 6.45) is 1.05. The molecule has 0 radical (unpaired) electrons. The molecule has 2 aromatic carbocycles. The van der Waals surface area contributed by atoms with Crippen molar-refractivity contribution in [2.24, 2.45) is 0 Å². The zero-order valence-corrected chi connectivity index (χ0v) is 13.7. The van der Waals surface area contributed by atoms with Gasteiger partial charge in [0.15, 0.2) is 9.84 Å². The first kappa shape index (κ1) is 17.2. The van der Waals surface area contributed by atoms with E-state index in [1.54, 1.807) is 18.2 Å². The van der Waals surface area contributed by atoms with E-state index in [0.717, 1.165) is 6.26 Å². The molecule has 0 spiro atoms. The van der Waals surface area contributed by atoms with Gasteiger partial charge in [-0.25, -0.2) is 17.6 Å². The van der Waals surface area contributed by atoms with Crippen LogP contribution in [0.3, 0.4) is 0 Å². The maximum Gasteiger partial charge on any atom is 0.319 e. The van der Waals surface area contributed by atoms with Crippen LogP contribution < -0.4 is 10.6 Å². The fourth-order valence-corrected chi connectivity index (χ4v) is 2.63. The molecule has 0 saturated heterocycles. The summed E-state index contributed by atoms with van der Waals surface area (Å²) in [5.41, 5.74) is 0.485. The highest BCUT2D eigenvalue weighted by molar-refractivity contribution is 7.90. The van der Waals surface area contributed by atoms with Crippen molar-refractivity contribution < 1.29 is 17.6 Å². The summed E-state index contributed by atoms with van der Waals surface area (Å²) in [6.45, 7) is -0.0120. The molecule has 0 atom stereocenters. The largest absolute Gasteiger partial charge is 0.334 e. The molecular formula is C15H14ClFN2O3S. The Morgan fingerprint density at radius 1 is 1.22 bits per heavy atom. The predicted molar refractivity (Wildman–Crippen MR) is 86.8 cm³/mol. The number of halogens is 2. The van der Waals surface area contributed by atoms with Gasteiger partial charge in [0, 0.05) is 18.4 Å². The van der Waals surface area contributed by atoms with Crippen molar-refractivity contribution in [3.05, 3.63) is 58.9 Å². The average Bonchev–Trinajstić information content (AvgIpc) is 2.47. The zero-order valence-electron chi connectivity index (χ0n) is 12.1. The van der Waals surface area contributed by atoms with Crippen molar-refractivity contribution >= 4 is 33.2 Å². The number of hydrogen-bond donors (Lipinski definition) is 2. The molecule has 0 aliphatic rings. The number of carbonyl (C=O) groups excluding carboxylic acids is 1. The van der Waals surface area contributed by atoms with Gasteiger partial charge in [-0.15, -0.1) is 0 Å². The molecule has 0 bridgehead atoms. The number of nitrogens with one attached hydrogen (secondary N) is 2. The van der Waals surface area contributed by atoms with E-state index < -0.39 is 21.7 Å². The average molecular weight is 357 g/mol. The minimum atomic E-state index is -3.42. The Morgan fingerprint density at radius 3 is 2.57 bits per heavy atom. The number of hydrogen-bond acceptors (Lipinski definition) is 3. The summed E-state index contributed by atoms with van der Waals surface area (Å²) in [7, 11) is -3.42. The minimum absolute atomic E-state index is 0.0120. The van der Waals surface area contributed by atoms with Gasteiger partial charge in [-0.3, -0.25) is 0 Å². The quantitative estimate of drug-likeness (QED) is 0.883. The number of rotatable bonds is 4. The van der Waals surface area contributed by atoms with Gasteiger partial charge in [0.05, 0.1) is 15.6 Å². The van der Waals surface area contributed by atoms with Crippen LogP contribution in [0, 0.1) is 5.82 Å². The molecule has 122 valence electrons. The lowest BCUT2D eigenvalue weighted by Crippen LogP contribution is -2.28. The van der Waals surface area contributed by atoms with Gasteiger partial charge in [-0.2, -0.15) is 0 Å². The summed E-state index contributed by atoms with van der Waals surface area (Å²) in [6, 6.07) is 9.42. The van der Waals surface area contributed by atoms with Crippen LogP contribution in [0.15, 0.2) is 47.4 Å². The normalized spacial score (nSPS) is 11.1. The lowest BCUT2D eigenvalue weighted by Gasteiger charge is -2.10. The van der Waals surface area contributed by atoms with Crippen molar-refractivity contribution in [2.45, 2.75) is 11.4 Å². The van der Waals surface area contributed by atoms with Gasteiger partial charge in [-0.05, 0) is 24.3 Å². The molecule has 2 amide bonds. The van der Waals surface area contributed by atoms with E-state index in [0.29, 0.717) is 5.56 Å². The molecule has 0 aromatic heterocycles. The highest BCUT2D eigenvalue weighted by atomic mass is 35.5. The monoisotopic (exact) mass is 356 g/mol. The van der Waals surface area contributed by atoms with Crippen LogP contribution in [0.25, 0.3) is 0 Å². The third kappa shape index (κ3) is 4.67. The first-order valence-electron chi connectivity index (χ1n) is 6.55. The highest BCUT2D eigenvalue weighted by Gasteiger charge is 2.12. The minimum Gasteiger partial charge on any atom is -0.334 e. The number of anilines is 1. The fraction of sp³-hybridized carbons (Fsp3) is 0.133. The van der Waals surface area contributed by atoms with Crippen LogP contribution in [0.4, 0.5) is 14.9 Å². The Hall–Kier alpha value is -2.12. The van der Waals surface area contributed by atoms with E-state index in [1.165, 1.54) is 24.3 Å². The second kappa shape index (κ2) is 6.97. The molecule has 0 fully saturated rings. The van der Waals surface area contributed by atoms with E-state index in [9.17, 15) is 17.6 Å². The van der Waals surface area contributed by atoms with Crippen LogP contribution in [0.1, 0.15) is 5.56 Å². The molecule has 0 heterocycles. The first-order valence-corrected chi connectivity index (χ1v) is 8.82. The second-order valence-electron chi connectivity index (χ2n) is 4.81. The third-order valence-corrected chi connectivity index (χ3v) is 4.45. The fourth-order valence-electron chi connectivity index (χ4n) is 1.81. The Labute approximate surface area is 138 Å². The molecule has 2 aromatic rings. The Kier molecular flexibility index (Phi) is 5.23. The van der Waals surface area contributed by atoms with Gasteiger partial charge in [0.1, 0.15) is 5.82 Å². The second-order valence-corrected chi connectivity index (χ2v) is 7.24. The van der Waals surface area contributed by atoms with E-state index in [1.807, 2.05) is 0 Å². The number of carbonyl (C=O) groups is 1. The molecule has 2 rings (SSSR count).